The lowest BCUT2D eigenvalue weighted by atomic mass is 10.2. The Bertz CT molecular complexity index is 1090. The van der Waals surface area contributed by atoms with Gasteiger partial charge in [0.1, 0.15) is 10.6 Å². The second kappa shape index (κ2) is 10.6. The van der Waals surface area contributed by atoms with Crippen molar-refractivity contribution in [3.05, 3.63) is 34.8 Å². The molecule has 0 unspecified atom stereocenters. The number of carbonyl (C=O) groups excluding carboxylic acids is 2. The maximum absolute atomic E-state index is 12.5. The molecule has 32 heavy (non-hydrogen) atoms. The molecule has 2 amide bonds. The topological polar surface area (TPSA) is 102 Å². The molecule has 1 N–H and O–H groups in total. The first-order chi connectivity index (χ1) is 15.3. The molecule has 2 heterocycles. The third-order valence-corrected chi connectivity index (χ3v) is 6.46. The number of aromatic nitrogens is 4. The highest BCUT2D eigenvalue weighted by atomic mass is 32.2. The van der Waals surface area contributed by atoms with Gasteiger partial charge in [-0.15, -0.1) is 10.2 Å². The van der Waals surface area contributed by atoms with Crippen LogP contribution in [0.15, 0.2) is 29.4 Å². The SMILES string of the molecule is CCOc1ccc(-c2nnc(SCC(=O)Nc3nc(C)c(C(=O)N(C)C)s3)n2CC)cc1. The minimum absolute atomic E-state index is 0.132. The predicted octanol–water partition coefficient (Wildman–Crippen LogP) is 3.56. The third-order valence-electron chi connectivity index (χ3n) is 4.43. The Morgan fingerprint density at radius 2 is 1.91 bits per heavy atom. The molecule has 1 aromatic carbocycles. The van der Waals surface area contributed by atoms with Gasteiger partial charge in [-0.25, -0.2) is 4.98 Å². The van der Waals surface area contributed by atoms with Gasteiger partial charge in [-0.3, -0.25) is 9.59 Å². The van der Waals surface area contributed by atoms with Gasteiger partial charge in [0.25, 0.3) is 5.91 Å². The zero-order chi connectivity index (χ0) is 23.3. The van der Waals surface area contributed by atoms with E-state index < -0.39 is 0 Å². The van der Waals surface area contributed by atoms with Gasteiger partial charge in [0, 0.05) is 26.2 Å². The van der Waals surface area contributed by atoms with Crippen LogP contribution in [0.3, 0.4) is 0 Å². The van der Waals surface area contributed by atoms with Gasteiger partial charge < -0.3 is 19.5 Å². The minimum atomic E-state index is -0.221. The first-order valence-corrected chi connectivity index (χ1v) is 11.9. The Morgan fingerprint density at radius 3 is 2.53 bits per heavy atom. The van der Waals surface area contributed by atoms with E-state index >= 15 is 0 Å². The normalized spacial score (nSPS) is 10.8. The van der Waals surface area contributed by atoms with Crippen LogP contribution < -0.4 is 10.1 Å². The number of amides is 2. The van der Waals surface area contributed by atoms with E-state index in [-0.39, 0.29) is 17.6 Å². The zero-order valence-corrected chi connectivity index (χ0v) is 20.3. The summed E-state index contributed by atoms with van der Waals surface area (Å²) in [6.07, 6.45) is 0. The summed E-state index contributed by atoms with van der Waals surface area (Å²) in [5, 5.41) is 12.4. The number of nitrogens with one attached hydrogen (secondary N) is 1. The van der Waals surface area contributed by atoms with Crippen molar-refractivity contribution >= 4 is 40.0 Å². The molecule has 0 fully saturated rings. The molecule has 0 saturated carbocycles. The molecule has 0 spiro atoms. The summed E-state index contributed by atoms with van der Waals surface area (Å²) in [5.74, 6) is 1.34. The van der Waals surface area contributed by atoms with E-state index in [0.29, 0.717) is 34.0 Å². The van der Waals surface area contributed by atoms with Crippen LogP contribution in [0.1, 0.15) is 29.2 Å². The second-order valence-electron chi connectivity index (χ2n) is 6.98. The van der Waals surface area contributed by atoms with Crippen LogP contribution >= 0.6 is 23.1 Å². The molecule has 0 aliphatic heterocycles. The quantitative estimate of drug-likeness (QED) is 0.473. The van der Waals surface area contributed by atoms with Gasteiger partial charge in [0.2, 0.25) is 5.91 Å². The highest BCUT2D eigenvalue weighted by molar-refractivity contribution is 7.99. The Balaban J connectivity index is 1.65. The number of anilines is 1. The van der Waals surface area contributed by atoms with Gasteiger partial charge in [-0.05, 0) is 45.0 Å². The van der Waals surface area contributed by atoms with Gasteiger partial charge in [-0.2, -0.15) is 0 Å². The van der Waals surface area contributed by atoms with Crippen LogP contribution in [0.5, 0.6) is 5.75 Å². The van der Waals surface area contributed by atoms with Crippen molar-refractivity contribution in [3.63, 3.8) is 0 Å². The Hall–Kier alpha value is -2.92. The predicted molar refractivity (Wildman–Crippen MR) is 127 cm³/mol. The van der Waals surface area contributed by atoms with Gasteiger partial charge >= 0.3 is 0 Å². The number of hydrogen-bond acceptors (Lipinski definition) is 8. The average molecular weight is 475 g/mol. The molecule has 0 saturated heterocycles. The molecular weight excluding hydrogens is 448 g/mol. The smallest absolute Gasteiger partial charge is 0.265 e. The minimum Gasteiger partial charge on any atom is -0.494 e. The molecule has 0 aliphatic carbocycles. The summed E-state index contributed by atoms with van der Waals surface area (Å²) in [5.41, 5.74) is 1.53. The molecule has 2 aromatic heterocycles. The molecule has 0 atom stereocenters. The van der Waals surface area contributed by atoms with E-state index in [1.165, 1.54) is 28.0 Å². The van der Waals surface area contributed by atoms with Crippen LogP contribution in [-0.2, 0) is 11.3 Å². The molecule has 0 bridgehead atoms. The van der Waals surface area contributed by atoms with Crippen molar-refractivity contribution in [1.82, 2.24) is 24.6 Å². The lowest BCUT2D eigenvalue weighted by molar-refractivity contribution is -0.113. The molecule has 3 aromatic rings. The molecule has 11 heteroatoms. The lowest BCUT2D eigenvalue weighted by Gasteiger charge is -2.08. The first-order valence-electron chi connectivity index (χ1n) is 10.1. The maximum atomic E-state index is 12.5. The Kier molecular flexibility index (Phi) is 7.86. The number of thioether (sulfide) groups is 1. The molecule has 9 nitrogen and oxygen atoms in total. The van der Waals surface area contributed by atoms with E-state index in [1.807, 2.05) is 42.7 Å². The number of nitrogens with zero attached hydrogens (tertiary/aromatic N) is 5. The van der Waals surface area contributed by atoms with Crippen molar-refractivity contribution in [2.75, 3.05) is 31.8 Å². The van der Waals surface area contributed by atoms with Crippen LogP contribution in [-0.4, -0.2) is 62.9 Å². The largest absolute Gasteiger partial charge is 0.494 e. The van der Waals surface area contributed by atoms with Gasteiger partial charge in [0.05, 0.1) is 18.1 Å². The van der Waals surface area contributed by atoms with Crippen molar-refractivity contribution in [2.24, 2.45) is 0 Å². The fraction of sp³-hybridized carbons (Fsp3) is 0.381. The van der Waals surface area contributed by atoms with Crippen molar-refractivity contribution in [2.45, 2.75) is 32.5 Å². The first kappa shape index (κ1) is 23.7. The zero-order valence-electron chi connectivity index (χ0n) is 18.7. The van der Waals surface area contributed by atoms with Crippen molar-refractivity contribution in [1.29, 1.82) is 0 Å². The number of carbonyl (C=O) groups is 2. The number of benzene rings is 1. The van der Waals surface area contributed by atoms with E-state index in [2.05, 4.69) is 20.5 Å². The van der Waals surface area contributed by atoms with Gasteiger partial charge in [0.15, 0.2) is 16.1 Å². The van der Waals surface area contributed by atoms with Crippen molar-refractivity contribution < 1.29 is 14.3 Å². The maximum Gasteiger partial charge on any atom is 0.265 e. The number of aryl methyl sites for hydroxylation is 1. The lowest BCUT2D eigenvalue weighted by Crippen LogP contribution is -2.21. The number of thiazole rings is 1. The summed E-state index contributed by atoms with van der Waals surface area (Å²) >= 11 is 2.47. The summed E-state index contributed by atoms with van der Waals surface area (Å²) in [6.45, 7) is 6.98. The summed E-state index contributed by atoms with van der Waals surface area (Å²) < 4.78 is 7.46. The molecule has 0 radical (unpaired) electrons. The highest BCUT2D eigenvalue weighted by Crippen LogP contribution is 2.27. The fourth-order valence-electron chi connectivity index (χ4n) is 2.90. The Morgan fingerprint density at radius 1 is 1.19 bits per heavy atom. The van der Waals surface area contributed by atoms with Crippen LogP contribution in [0.4, 0.5) is 5.13 Å². The van der Waals surface area contributed by atoms with Crippen molar-refractivity contribution in [3.8, 4) is 17.1 Å². The third kappa shape index (κ3) is 5.46. The number of rotatable bonds is 9. The summed E-state index contributed by atoms with van der Waals surface area (Å²) in [7, 11) is 3.36. The van der Waals surface area contributed by atoms with Gasteiger partial charge in [-0.1, -0.05) is 23.1 Å². The Labute approximate surface area is 195 Å². The van der Waals surface area contributed by atoms with Crippen LogP contribution in [0.25, 0.3) is 11.4 Å². The molecule has 170 valence electrons. The van der Waals surface area contributed by atoms with E-state index in [9.17, 15) is 9.59 Å². The van der Waals surface area contributed by atoms with E-state index in [0.717, 1.165) is 17.1 Å². The number of ether oxygens (including phenoxy) is 1. The summed E-state index contributed by atoms with van der Waals surface area (Å²) in [6, 6.07) is 7.69. The number of hydrogen-bond donors (Lipinski definition) is 1. The van der Waals surface area contributed by atoms with Crippen LogP contribution in [0, 0.1) is 6.92 Å². The molecule has 0 aliphatic rings. The van der Waals surface area contributed by atoms with E-state index in [1.54, 1.807) is 21.0 Å². The fourth-order valence-corrected chi connectivity index (χ4v) is 4.70. The second-order valence-corrected chi connectivity index (χ2v) is 8.92. The average Bonchev–Trinajstić information content (AvgIpc) is 3.35. The molecule has 3 rings (SSSR count). The molecular formula is C21H26N6O3S2. The van der Waals surface area contributed by atoms with E-state index in [4.69, 9.17) is 4.74 Å². The standard InChI is InChI=1S/C21H26N6O3S2/c1-6-27-18(14-8-10-15(11-9-14)30-7-2)24-25-21(27)31-12-16(28)23-20-22-13(3)17(32-20)19(29)26(4)5/h8-11H,6-7,12H2,1-5H3,(H,22,23,28). The summed E-state index contributed by atoms with van der Waals surface area (Å²) in [4.78, 5) is 30.9. The van der Waals surface area contributed by atoms with Crippen LogP contribution in [0.2, 0.25) is 0 Å². The monoisotopic (exact) mass is 474 g/mol. The highest BCUT2D eigenvalue weighted by Gasteiger charge is 2.19.